The first-order valence-corrected chi connectivity index (χ1v) is 7.63. The van der Waals surface area contributed by atoms with Crippen LogP contribution in [0.15, 0.2) is 27.8 Å². The van der Waals surface area contributed by atoms with Gasteiger partial charge in [-0.2, -0.15) is 0 Å². The van der Waals surface area contributed by atoms with Gasteiger partial charge in [0.25, 0.3) is 5.56 Å². The number of para-hydroxylation sites is 1. The molecule has 1 amide bonds. The van der Waals surface area contributed by atoms with E-state index in [0.29, 0.717) is 5.69 Å². The average molecular weight is 327 g/mol. The third kappa shape index (κ3) is 2.38. The molecule has 24 heavy (non-hydrogen) atoms. The van der Waals surface area contributed by atoms with E-state index in [1.165, 1.54) is 4.57 Å². The van der Waals surface area contributed by atoms with Crippen LogP contribution >= 0.6 is 0 Å². The lowest BCUT2D eigenvalue weighted by Gasteiger charge is -2.23. The smallest absolute Gasteiger partial charge is 0.311 e. The summed E-state index contributed by atoms with van der Waals surface area (Å²) in [7, 11) is 0. The Labute approximate surface area is 137 Å². The summed E-state index contributed by atoms with van der Waals surface area (Å²) in [6.07, 6.45) is -0.404. The lowest BCUT2D eigenvalue weighted by Crippen LogP contribution is -2.40. The number of H-pyrrole nitrogens is 1. The van der Waals surface area contributed by atoms with Crippen molar-refractivity contribution in [3.8, 4) is 5.69 Å². The van der Waals surface area contributed by atoms with Gasteiger partial charge in [-0.3, -0.25) is 19.4 Å². The van der Waals surface area contributed by atoms with E-state index in [9.17, 15) is 19.2 Å². The van der Waals surface area contributed by atoms with E-state index < -0.39 is 29.4 Å². The molecule has 7 nitrogen and oxygen atoms in total. The maximum atomic E-state index is 12.5. The standard InChI is InChI=1S/C17H17N3O4/c1-8(2)10-6-4-5-9(3)14(10)20-15-13(16(23)19-17(20)24)11(21)7-12(22)18-15/h4-6,8H,7H2,1-3H3,(H,18,22)(H,19,23,24). The van der Waals surface area contributed by atoms with Gasteiger partial charge >= 0.3 is 5.69 Å². The van der Waals surface area contributed by atoms with Gasteiger partial charge in [0.05, 0.1) is 12.1 Å². The zero-order valence-corrected chi connectivity index (χ0v) is 13.6. The fourth-order valence-electron chi connectivity index (χ4n) is 2.99. The normalized spacial score (nSPS) is 13.8. The predicted molar refractivity (Wildman–Crippen MR) is 89.1 cm³/mol. The molecule has 1 aliphatic rings. The largest absolute Gasteiger partial charge is 0.334 e. The number of aromatic amines is 1. The molecular weight excluding hydrogens is 310 g/mol. The van der Waals surface area contributed by atoms with Crippen LogP contribution in [0.5, 0.6) is 0 Å². The topological polar surface area (TPSA) is 101 Å². The summed E-state index contributed by atoms with van der Waals surface area (Å²) in [6.45, 7) is 5.79. The predicted octanol–water partition coefficient (Wildman–Crippen LogP) is 1.48. The molecule has 0 fully saturated rings. The van der Waals surface area contributed by atoms with Crippen molar-refractivity contribution in [1.82, 2.24) is 9.55 Å². The molecule has 3 rings (SSSR count). The second-order valence-electron chi connectivity index (χ2n) is 6.13. The Morgan fingerprint density at radius 1 is 1.12 bits per heavy atom. The second-order valence-corrected chi connectivity index (χ2v) is 6.13. The number of aromatic nitrogens is 2. The third-order valence-electron chi connectivity index (χ3n) is 4.08. The minimum Gasteiger partial charge on any atom is -0.311 e. The van der Waals surface area contributed by atoms with Crippen LogP contribution in [0.4, 0.5) is 5.82 Å². The number of carbonyl (C=O) groups excluding carboxylic acids is 2. The monoisotopic (exact) mass is 327 g/mol. The Morgan fingerprint density at radius 3 is 2.50 bits per heavy atom. The molecule has 1 aromatic heterocycles. The molecule has 2 heterocycles. The van der Waals surface area contributed by atoms with Gasteiger partial charge in [-0.05, 0) is 24.0 Å². The Morgan fingerprint density at radius 2 is 1.83 bits per heavy atom. The van der Waals surface area contributed by atoms with Crippen LogP contribution in [0.25, 0.3) is 5.69 Å². The highest BCUT2D eigenvalue weighted by Gasteiger charge is 2.30. The van der Waals surface area contributed by atoms with Gasteiger partial charge in [-0.1, -0.05) is 32.0 Å². The number of hydrogen-bond acceptors (Lipinski definition) is 4. The molecule has 0 bridgehead atoms. The van der Waals surface area contributed by atoms with Gasteiger partial charge in [0.2, 0.25) is 5.91 Å². The van der Waals surface area contributed by atoms with Crippen LogP contribution in [0.1, 0.15) is 47.7 Å². The summed E-state index contributed by atoms with van der Waals surface area (Å²) < 4.78 is 1.22. The first-order chi connectivity index (χ1) is 11.3. The van der Waals surface area contributed by atoms with Crippen LogP contribution < -0.4 is 16.6 Å². The van der Waals surface area contributed by atoms with Gasteiger partial charge in [0.15, 0.2) is 5.78 Å². The van der Waals surface area contributed by atoms with Crippen LogP contribution in [-0.4, -0.2) is 21.2 Å². The molecule has 0 radical (unpaired) electrons. The first kappa shape index (κ1) is 15.9. The molecule has 2 aromatic rings. The van der Waals surface area contributed by atoms with Gasteiger partial charge in [-0.25, -0.2) is 9.36 Å². The number of Topliss-reactive ketones (excluding diaryl/α,β-unsaturated/α-hetero) is 1. The molecule has 0 spiro atoms. The maximum absolute atomic E-state index is 12.5. The SMILES string of the molecule is Cc1cccc(C(C)C)c1-n1c2c(c(=O)[nH]c1=O)C(=O)CC(=O)N2. The molecule has 0 atom stereocenters. The highest BCUT2D eigenvalue weighted by atomic mass is 16.2. The molecule has 7 heteroatoms. The summed E-state index contributed by atoms with van der Waals surface area (Å²) in [5.74, 6) is -1.08. The number of carbonyl (C=O) groups is 2. The summed E-state index contributed by atoms with van der Waals surface area (Å²) >= 11 is 0. The van der Waals surface area contributed by atoms with Crippen molar-refractivity contribution in [1.29, 1.82) is 0 Å². The van der Waals surface area contributed by atoms with E-state index >= 15 is 0 Å². The van der Waals surface area contributed by atoms with Crippen LogP contribution in [0.2, 0.25) is 0 Å². The Balaban J connectivity index is 2.46. The van der Waals surface area contributed by atoms with Crippen molar-refractivity contribution in [2.45, 2.75) is 33.1 Å². The van der Waals surface area contributed by atoms with E-state index in [-0.39, 0.29) is 17.3 Å². The molecule has 0 unspecified atom stereocenters. The fourth-order valence-corrected chi connectivity index (χ4v) is 2.99. The number of ketones is 1. The molecule has 1 aliphatic heterocycles. The lowest BCUT2D eigenvalue weighted by molar-refractivity contribution is -0.115. The number of nitrogens with one attached hydrogen (secondary N) is 2. The molecular formula is C17H17N3O4. The van der Waals surface area contributed by atoms with Gasteiger partial charge in [0, 0.05) is 0 Å². The van der Waals surface area contributed by atoms with Gasteiger partial charge in [0.1, 0.15) is 11.4 Å². The van der Waals surface area contributed by atoms with Gasteiger partial charge in [-0.15, -0.1) is 0 Å². The van der Waals surface area contributed by atoms with Gasteiger partial charge < -0.3 is 5.32 Å². The van der Waals surface area contributed by atoms with E-state index in [1.54, 1.807) is 0 Å². The van der Waals surface area contributed by atoms with Crippen molar-refractivity contribution in [3.05, 3.63) is 55.7 Å². The van der Waals surface area contributed by atoms with Crippen LogP contribution in [0, 0.1) is 6.92 Å². The quantitative estimate of drug-likeness (QED) is 0.816. The highest BCUT2D eigenvalue weighted by molar-refractivity contribution is 6.18. The average Bonchev–Trinajstić information content (AvgIpc) is 2.47. The number of aryl methyl sites for hydroxylation is 1. The molecule has 2 N–H and O–H groups in total. The lowest BCUT2D eigenvalue weighted by atomic mass is 9.97. The number of nitrogens with zero attached hydrogens (tertiary/aromatic N) is 1. The number of anilines is 1. The van der Waals surface area contributed by atoms with Crippen molar-refractivity contribution < 1.29 is 9.59 Å². The van der Waals surface area contributed by atoms with Crippen molar-refractivity contribution >= 4 is 17.5 Å². The summed E-state index contributed by atoms with van der Waals surface area (Å²) in [5.41, 5.74) is 0.580. The molecule has 0 saturated carbocycles. The molecule has 124 valence electrons. The van der Waals surface area contributed by atoms with Crippen LogP contribution in [-0.2, 0) is 4.79 Å². The Kier molecular flexibility index (Phi) is 3.71. The van der Waals surface area contributed by atoms with Crippen molar-refractivity contribution in [2.75, 3.05) is 5.32 Å². The molecule has 1 aromatic carbocycles. The Bertz CT molecular complexity index is 982. The molecule has 0 saturated heterocycles. The highest BCUT2D eigenvalue weighted by Crippen LogP contribution is 2.29. The summed E-state index contributed by atoms with van der Waals surface area (Å²) in [5, 5.41) is 2.52. The molecule has 0 aliphatic carbocycles. The van der Waals surface area contributed by atoms with E-state index in [4.69, 9.17) is 0 Å². The summed E-state index contributed by atoms with van der Waals surface area (Å²) in [4.78, 5) is 50.6. The maximum Gasteiger partial charge on any atom is 0.334 e. The number of hydrogen-bond donors (Lipinski definition) is 2. The van der Waals surface area contributed by atoms with Crippen molar-refractivity contribution in [3.63, 3.8) is 0 Å². The summed E-state index contributed by atoms with van der Waals surface area (Å²) in [6, 6.07) is 5.59. The first-order valence-electron chi connectivity index (χ1n) is 7.63. The van der Waals surface area contributed by atoms with E-state index in [1.807, 2.05) is 39.0 Å². The minimum absolute atomic E-state index is 0.0544. The van der Waals surface area contributed by atoms with E-state index in [0.717, 1.165) is 11.1 Å². The van der Waals surface area contributed by atoms with Crippen LogP contribution in [0.3, 0.4) is 0 Å². The number of fused-ring (bicyclic) bond motifs is 1. The van der Waals surface area contributed by atoms with Crippen molar-refractivity contribution in [2.24, 2.45) is 0 Å². The number of rotatable bonds is 2. The zero-order chi connectivity index (χ0) is 17.6. The third-order valence-corrected chi connectivity index (χ3v) is 4.08. The number of benzene rings is 1. The minimum atomic E-state index is -0.782. The number of amides is 1. The Hall–Kier alpha value is -2.96. The fraction of sp³-hybridized carbons (Fsp3) is 0.294. The zero-order valence-electron chi connectivity index (χ0n) is 13.6. The second kappa shape index (κ2) is 5.59. The van der Waals surface area contributed by atoms with E-state index in [2.05, 4.69) is 10.3 Å².